The molecule has 2 rings (SSSR count). The lowest BCUT2D eigenvalue weighted by Crippen LogP contribution is -2.25. The molecule has 1 N–H and O–H groups in total. The molecule has 0 saturated heterocycles. The number of nitrogens with zero attached hydrogens (tertiary/aromatic N) is 2. The van der Waals surface area contributed by atoms with Crippen molar-refractivity contribution in [3.05, 3.63) is 35.1 Å². The lowest BCUT2D eigenvalue weighted by molar-refractivity contribution is 0.0954. The van der Waals surface area contributed by atoms with Gasteiger partial charge in [-0.2, -0.15) is 0 Å². The van der Waals surface area contributed by atoms with E-state index in [0.717, 1.165) is 10.6 Å². The largest absolute Gasteiger partial charge is 0.349 e. The van der Waals surface area contributed by atoms with Crippen molar-refractivity contribution in [3.63, 3.8) is 0 Å². The van der Waals surface area contributed by atoms with Crippen LogP contribution in [0, 0.1) is 6.92 Å². The van der Waals surface area contributed by atoms with Crippen LogP contribution in [-0.2, 0) is 0 Å². The molecule has 2 aromatic rings. The van der Waals surface area contributed by atoms with Gasteiger partial charge >= 0.3 is 0 Å². The zero-order valence-electron chi connectivity index (χ0n) is 9.81. The highest BCUT2D eigenvalue weighted by Gasteiger charge is 2.15. The van der Waals surface area contributed by atoms with E-state index in [4.69, 9.17) is 0 Å². The average Bonchev–Trinajstić information content (AvgIpc) is 2.79. The Kier molecular flexibility index (Phi) is 3.99. The van der Waals surface area contributed by atoms with Crippen molar-refractivity contribution >= 4 is 17.2 Å². The molecular formula is C12H12FN3OS. The highest BCUT2D eigenvalue weighted by molar-refractivity contribution is 7.17. The molecule has 0 aliphatic heterocycles. The van der Waals surface area contributed by atoms with E-state index in [9.17, 15) is 9.18 Å². The second-order valence-electron chi connectivity index (χ2n) is 3.62. The Labute approximate surface area is 108 Å². The molecule has 2 aromatic heterocycles. The van der Waals surface area contributed by atoms with Crippen LogP contribution < -0.4 is 5.32 Å². The van der Waals surface area contributed by atoms with E-state index in [1.54, 1.807) is 19.3 Å². The van der Waals surface area contributed by atoms with Gasteiger partial charge in [-0.25, -0.2) is 9.37 Å². The third-order valence-electron chi connectivity index (χ3n) is 2.29. The third kappa shape index (κ3) is 2.70. The van der Waals surface area contributed by atoms with Crippen LogP contribution in [-0.4, -0.2) is 29.1 Å². The van der Waals surface area contributed by atoms with Crippen LogP contribution in [0.1, 0.15) is 15.4 Å². The molecule has 0 bridgehead atoms. The number of aromatic nitrogens is 2. The molecule has 94 valence electrons. The molecule has 0 atom stereocenters. The molecule has 1 amide bonds. The Morgan fingerprint density at radius 2 is 2.39 bits per heavy atom. The maximum atomic E-state index is 12.0. The highest BCUT2D eigenvalue weighted by atomic mass is 32.1. The van der Waals surface area contributed by atoms with Crippen molar-refractivity contribution in [2.24, 2.45) is 0 Å². The van der Waals surface area contributed by atoms with Crippen molar-refractivity contribution in [1.29, 1.82) is 0 Å². The molecule has 0 radical (unpaired) electrons. The fourth-order valence-electron chi connectivity index (χ4n) is 1.46. The number of rotatable bonds is 4. The Morgan fingerprint density at radius 1 is 1.56 bits per heavy atom. The Hall–Kier alpha value is -1.82. The zero-order chi connectivity index (χ0) is 13.0. The summed E-state index contributed by atoms with van der Waals surface area (Å²) >= 11 is 1.29. The Balaban J connectivity index is 2.25. The molecule has 0 spiro atoms. The second-order valence-corrected chi connectivity index (χ2v) is 4.62. The fraction of sp³-hybridized carbons (Fsp3) is 0.250. The minimum Gasteiger partial charge on any atom is -0.349 e. The van der Waals surface area contributed by atoms with E-state index in [1.165, 1.54) is 11.3 Å². The zero-order valence-corrected chi connectivity index (χ0v) is 10.6. The minimum absolute atomic E-state index is 0.0262. The lowest BCUT2D eigenvalue weighted by Gasteiger charge is -1.99. The summed E-state index contributed by atoms with van der Waals surface area (Å²) in [6.07, 6.45) is 3.38. The maximum Gasteiger partial charge on any atom is 0.263 e. The topological polar surface area (TPSA) is 54.9 Å². The predicted octanol–water partition coefficient (Wildman–Crippen LogP) is 2.21. The number of hydrogen-bond acceptors (Lipinski definition) is 4. The first-order valence-corrected chi connectivity index (χ1v) is 6.26. The number of carbonyl (C=O) groups is 1. The predicted molar refractivity (Wildman–Crippen MR) is 68.4 cm³/mol. The van der Waals surface area contributed by atoms with E-state index in [1.807, 2.05) is 12.1 Å². The number of pyridine rings is 1. The van der Waals surface area contributed by atoms with Crippen LogP contribution in [0.3, 0.4) is 0 Å². The molecule has 4 nitrogen and oxygen atoms in total. The number of amides is 1. The van der Waals surface area contributed by atoms with Crippen LogP contribution in [0.2, 0.25) is 0 Å². The van der Waals surface area contributed by atoms with Gasteiger partial charge in [0.05, 0.1) is 5.69 Å². The second kappa shape index (κ2) is 5.68. The van der Waals surface area contributed by atoms with Crippen LogP contribution in [0.15, 0.2) is 24.5 Å². The van der Waals surface area contributed by atoms with E-state index >= 15 is 0 Å². The summed E-state index contributed by atoms with van der Waals surface area (Å²) < 4.78 is 12.0. The molecule has 0 aliphatic rings. The minimum atomic E-state index is -0.570. The van der Waals surface area contributed by atoms with Gasteiger partial charge in [-0.05, 0) is 19.1 Å². The van der Waals surface area contributed by atoms with Gasteiger partial charge in [0.1, 0.15) is 16.6 Å². The Bertz CT molecular complexity index is 542. The summed E-state index contributed by atoms with van der Waals surface area (Å²) in [5, 5.41) is 3.24. The van der Waals surface area contributed by atoms with Crippen LogP contribution in [0.5, 0.6) is 0 Å². The third-order valence-corrected chi connectivity index (χ3v) is 3.50. The maximum absolute atomic E-state index is 12.0. The van der Waals surface area contributed by atoms with Gasteiger partial charge in [0, 0.05) is 24.5 Å². The first-order chi connectivity index (χ1) is 8.72. The number of hydrogen-bond donors (Lipinski definition) is 1. The smallest absolute Gasteiger partial charge is 0.263 e. The van der Waals surface area contributed by atoms with Crippen molar-refractivity contribution in [3.8, 4) is 10.6 Å². The number of nitrogens with one attached hydrogen (secondary N) is 1. The van der Waals surface area contributed by atoms with Gasteiger partial charge in [0.2, 0.25) is 0 Å². The van der Waals surface area contributed by atoms with Gasteiger partial charge in [-0.3, -0.25) is 9.78 Å². The quantitative estimate of drug-likeness (QED) is 0.922. The molecule has 18 heavy (non-hydrogen) atoms. The summed E-state index contributed by atoms with van der Waals surface area (Å²) in [6.45, 7) is 1.22. The van der Waals surface area contributed by atoms with E-state index in [0.29, 0.717) is 10.6 Å². The molecule has 2 heterocycles. The standard InChI is InChI=1S/C12H12FN3OS/c1-8-10(11(17)15-6-4-13)18-12(16-8)9-3-2-5-14-7-9/h2-3,5,7H,4,6H2,1H3,(H,15,17). The summed E-state index contributed by atoms with van der Waals surface area (Å²) in [7, 11) is 0. The lowest BCUT2D eigenvalue weighted by atomic mass is 10.3. The van der Waals surface area contributed by atoms with Crippen LogP contribution in [0.25, 0.3) is 10.6 Å². The molecular weight excluding hydrogens is 253 g/mol. The molecule has 0 unspecified atom stereocenters. The van der Waals surface area contributed by atoms with Crippen molar-refractivity contribution < 1.29 is 9.18 Å². The van der Waals surface area contributed by atoms with Crippen molar-refractivity contribution in [1.82, 2.24) is 15.3 Å². The van der Waals surface area contributed by atoms with Crippen molar-refractivity contribution in [2.75, 3.05) is 13.2 Å². The van der Waals surface area contributed by atoms with E-state index in [-0.39, 0.29) is 12.5 Å². The summed E-state index contributed by atoms with van der Waals surface area (Å²) in [4.78, 5) is 20.6. The van der Waals surface area contributed by atoms with Gasteiger partial charge in [-0.15, -0.1) is 11.3 Å². The van der Waals surface area contributed by atoms with Crippen molar-refractivity contribution in [2.45, 2.75) is 6.92 Å². The molecule has 0 aromatic carbocycles. The number of thiazole rings is 1. The van der Waals surface area contributed by atoms with E-state index in [2.05, 4.69) is 15.3 Å². The first kappa shape index (κ1) is 12.6. The summed E-state index contributed by atoms with van der Waals surface area (Å²) in [5.74, 6) is -0.280. The molecule has 0 aliphatic carbocycles. The average molecular weight is 265 g/mol. The molecule has 0 saturated carbocycles. The summed E-state index contributed by atoms with van der Waals surface area (Å²) in [6, 6.07) is 3.70. The van der Waals surface area contributed by atoms with Gasteiger partial charge in [0.25, 0.3) is 5.91 Å². The van der Waals surface area contributed by atoms with E-state index < -0.39 is 6.67 Å². The SMILES string of the molecule is Cc1nc(-c2cccnc2)sc1C(=O)NCCF. The Morgan fingerprint density at radius 3 is 3.06 bits per heavy atom. The van der Waals surface area contributed by atoms with Gasteiger partial charge in [-0.1, -0.05) is 0 Å². The molecule has 6 heteroatoms. The van der Waals surface area contributed by atoms with Crippen LogP contribution in [0.4, 0.5) is 4.39 Å². The number of aryl methyl sites for hydroxylation is 1. The van der Waals surface area contributed by atoms with Crippen LogP contribution >= 0.6 is 11.3 Å². The monoisotopic (exact) mass is 265 g/mol. The number of alkyl halides is 1. The molecule has 0 fully saturated rings. The van der Waals surface area contributed by atoms with Gasteiger partial charge in [0.15, 0.2) is 0 Å². The first-order valence-electron chi connectivity index (χ1n) is 5.44. The fourth-order valence-corrected chi connectivity index (χ4v) is 2.43. The van der Waals surface area contributed by atoms with Gasteiger partial charge < -0.3 is 5.32 Å². The summed E-state index contributed by atoms with van der Waals surface area (Å²) in [5.41, 5.74) is 1.52. The number of carbonyl (C=O) groups excluding carboxylic acids is 1. The normalized spacial score (nSPS) is 10.3. The highest BCUT2D eigenvalue weighted by Crippen LogP contribution is 2.27. The number of halogens is 1.